The Morgan fingerprint density at radius 2 is 1.84 bits per heavy atom. The molecular formula is C11H11N3O4S. The number of nitrogens with one attached hydrogen (secondary N) is 1. The third-order valence-corrected chi connectivity index (χ3v) is 4.16. The number of hydrogen-bond donors (Lipinski definition) is 1. The first kappa shape index (κ1) is 13.2. The number of aryl methyl sites for hydroxylation is 1. The van der Waals surface area contributed by atoms with Crippen molar-refractivity contribution in [3.8, 4) is 0 Å². The van der Waals surface area contributed by atoms with Gasteiger partial charge in [-0.3, -0.25) is 9.78 Å². The van der Waals surface area contributed by atoms with Crippen LogP contribution in [0.5, 0.6) is 0 Å². The molecule has 100 valence electrons. The van der Waals surface area contributed by atoms with Crippen LogP contribution in [0.25, 0.3) is 0 Å². The Morgan fingerprint density at radius 3 is 2.47 bits per heavy atom. The van der Waals surface area contributed by atoms with E-state index in [1.165, 1.54) is 12.1 Å². The summed E-state index contributed by atoms with van der Waals surface area (Å²) in [5, 5.41) is 3.57. The molecule has 0 saturated heterocycles. The SMILES string of the molecule is O=c1cnn(CCS(=O)(=O)c2ccccc2)c(=O)[nH]1. The smallest absolute Gasteiger partial charge is 0.271 e. The molecule has 1 aromatic carbocycles. The Morgan fingerprint density at radius 1 is 1.16 bits per heavy atom. The van der Waals surface area contributed by atoms with Crippen molar-refractivity contribution < 1.29 is 8.42 Å². The second-order valence-corrected chi connectivity index (χ2v) is 5.90. The molecule has 1 heterocycles. The van der Waals surface area contributed by atoms with Gasteiger partial charge in [0.05, 0.1) is 17.2 Å². The molecule has 0 aliphatic heterocycles. The molecule has 0 fully saturated rings. The number of nitrogens with zero attached hydrogens (tertiary/aromatic N) is 2. The van der Waals surface area contributed by atoms with Crippen molar-refractivity contribution in [2.45, 2.75) is 11.4 Å². The summed E-state index contributed by atoms with van der Waals surface area (Å²) in [6, 6.07) is 7.93. The molecule has 0 aliphatic rings. The van der Waals surface area contributed by atoms with Crippen molar-refractivity contribution in [3.05, 3.63) is 57.4 Å². The summed E-state index contributed by atoms with van der Waals surface area (Å²) in [6.45, 7) is -0.118. The summed E-state index contributed by atoms with van der Waals surface area (Å²) >= 11 is 0. The van der Waals surface area contributed by atoms with E-state index in [0.717, 1.165) is 10.9 Å². The Balaban J connectivity index is 2.19. The first-order valence-corrected chi connectivity index (χ1v) is 7.08. The minimum atomic E-state index is -3.48. The monoisotopic (exact) mass is 281 g/mol. The van der Waals surface area contributed by atoms with Crippen molar-refractivity contribution in [2.24, 2.45) is 0 Å². The van der Waals surface area contributed by atoms with Gasteiger partial charge in [0.2, 0.25) is 0 Å². The van der Waals surface area contributed by atoms with Gasteiger partial charge in [0.1, 0.15) is 6.20 Å². The molecule has 0 aliphatic carbocycles. The molecule has 19 heavy (non-hydrogen) atoms. The highest BCUT2D eigenvalue weighted by Gasteiger charge is 2.14. The van der Waals surface area contributed by atoms with E-state index in [0.29, 0.717) is 0 Å². The van der Waals surface area contributed by atoms with Crippen molar-refractivity contribution in [1.82, 2.24) is 14.8 Å². The van der Waals surface area contributed by atoms with Gasteiger partial charge in [-0.2, -0.15) is 5.10 Å². The highest BCUT2D eigenvalue weighted by molar-refractivity contribution is 7.91. The first-order valence-electron chi connectivity index (χ1n) is 5.43. The molecule has 2 aromatic rings. The molecule has 0 amide bonds. The zero-order valence-corrected chi connectivity index (χ0v) is 10.6. The normalized spacial score (nSPS) is 11.4. The third kappa shape index (κ3) is 3.16. The van der Waals surface area contributed by atoms with Gasteiger partial charge in [-0.25, -0.2) is 17.9 Å². The molecule has 1 N–H and O–H groups in total. The summed E-state index contributed by atoms with van der Waals surface area (Å²) in [6.07, 6.45) is 0.927. The Bertz CT molecular complexity index is 777. The van der Waals surface area contributed by atoms with Gasteiger partial charge >= 0.3 is 5.69 Å². The van der Waals surface area contributed by atoms with Gasteiger partial charge in [0, 0.05) is 0 Å². The number of rotatable bonds is 4. The zero-order valence-electron chi connectivity index (χ0n) is 9.81. The van der Waals surface area contributed by atoms with Gasteiger partial charge < -0.3 is 0 Å². The van der Waals surface area contributed by atoms with Gasteiger partial charge in [-0.15, -0.1) is 0 Å². The zero-order chi connectivity index (χ0) is 13.9. The molecule has 1 aromatic heterocycles. The van der Waals surface area contributed by atoms with Crippen molar-refractivity contribution in [1.29, 1.82) is 0 Å². The van der Waals surface area contributed by atoms with E-state index in [-0.39, 0.29) is 17.2 Å². The van der Waals surface area contributed by atoms with Crippen LogP contribution in [-0.2, 0) is 16.4 Å². The minimum Gasteiger partial charge on any atom is -0.271 e. The summed E-state index contributed by atoms with van der Waals surface area (Å²) < 4.78 is 24.8. The quantitative estimate of drug-likeness (QED) is 0.806. The van der Waals surface area contributed by atoms with E-state index in [1.807, 2.05) is 4.98 Å². The molecule has 0 saturated carbocycles. The molecule has 7 nitrogen and oxygen atoms in total. The largest absolute Gasteiger partial charge is 0.344 e. The fourth-order valence-electron chi connectivity index (χ4n) is 1.49. The highest BCUT2D eigenvalue weighted by Crippen LogP contribution is 2.09. The van der Waals surface area contributed by atoms with Crippen molar-refractivity contribution in [2.75, 3.05) is 5.75 Å². The van der Waals surface area contributed by atoms with Crippen molar-refractivity contribution in [3.63, 3.8) is 0 Å². The first-order chi connectivity index (χ1) is 8.99. The molecule has 0 bridgehead atoms. The molecular weight excluding hydrogens is 270 g/mol. The molecule has 0 atom stereocenters. The molecule has 0 spiro atoms. The lowest BCUT2D eigenvalue weighted by molar-refractivity contribution is 0.560. The number of hydrogen-bond acceptors (Lipinski definition) is 5. The standard InChI is InChI=1S/C11H11N3O4S/c15-10-8-12-14(11(16)13-10)6-7-19(17,18)9-4-2-1-3-5-9/h1-5,8H,6-7H2,(H,13,15,16). The van der Waals surface area contributed by atoms with Gasteiger partial charge in [-0.1, -0.05) is 18.2 Å². The van der Waals surface area contributed by atoms with Crippen LogP contribution in [0.3, 0.4) is 0 Å². The lowest BCUT2D eigenvalue weighted by atomic mass is 10.4. The summed E-state index contributed by atoms with van der Waals surface area (Å²) in [5.74, 6) is -0.268. The number of aromatic nitrogens is 3. The summed E-state index contributed by atoms with van der Waals surface area (Å²) in [5.41, 5.74) is -1.34. The average molecular weight is 281 g/mol. The van der Waals surface area contributed by atoms with E-state index in [2.05, 4.69) is 5.10 Å². The van der Waals surface area contributed by atoms with Crippen LogP contribution < -0.4 is 11.2 Å². The minimum absolute atomic E-state index is 0.118. The third-order valence-electron chi connectivity index (χ3n) is 2.45. The fraction of sp³-hybridized carbons (Fsp3) is 0.182. The second kappa shape index (κ2) is 5.19. The van der Waals surface area contributed by atoms with E-state index in [9.17, 15) is 18.0 Å². The van der Waals surface area contributed by atoms with Crippen LogP contribution in [0.4, 0.5) is 0 Å². The van der Waals surface area contributed by atoms with E-state index in [4.69, 9.17) is 0 Å². The van der Waals surface area contributed by atoms with Crippen LogP contribution in [0.2, 0.25) is 0 Å². The van der Waals surface area contributed by atoms with Crippen molar-refractivity contribution >= 4 is 9.84 Å². The van der Waals surface area contributed by atoms with Gasteiger partial charge in [-0.05, 0) is 12.1 Å². The summed E-state index contributed by atoms with van der Waals surface area (Å²) in [4.78, 5) is 24.4. The number of benzene rings is 1. The molecule has 0 unspecified atom stereocenters. The van der Waals surface area contributed by atoms with E-state index in [1.54, 1.807) is 18.2 Å². The lowest BCUT2D eigenvalue weighted by Gasteiger charge is -2.05. The second-order valence-electron chi connectivity index (χ2n) is 3.79. The number of sulfone groups is 1. The van der Waals surface area contributed by atoms with Crippen LogP contribution in [0, 0.1) is 0 Å². The van der Waals surface area contributed by atoms with Crippen LogP contribution >= 0.6 is 0 Å². The molecule has 0 radical (unpaired) electrons. The van der Waals surface area contributed by atoms with Crippen LogP contribution in [-0.4, -0.2) is 28.9 Å². The average Bonchev–Trinajstić information content (AvgIpc) is 2.39. The lowest BCUT2D eigenvalue weighted by Crippen LogP contribution is -2.33. The maximum Gasteiger partial charge on any atom is 0.344 e. The maximum atomic E-state index is 12.0. The Labute approximate surface area is 108 Å². The van der Waals surface area contributed by atoms with E-state index >= 15 is 0 Å². The topological polar surface area (TPSA) is 102 Å². The number of aromatic amines is 1. The predicted molar refractivity (Wildman–Crippen MR) is 67.6 cm³/mol. The number of H-pyrrole nitrogens is 1. The van der Waals surface area contributed by atoms with Gasteiger partial charge in [0.25, 0.3) is 5.56 Å². The Hall–Kier alpha value is -2.22. The highest BCUT2D eigenvalue weighted by atomic mass is 32.2. The molecule has 2 rings (SSSR count). The van der Waals surface area contributed by atoms with Crippen LogP contribution in [0.1, 0.15) is 0 Å². The maximum absolute atomic E-state index is 12.0. The predicted octanol–water partition coefficient (Wildman–Crippen LogP) is -0.595. The molecule has 8 heteroatoms. The Kier molecular flexibility index (Phi) is 3.61. The summed E-state index contributed by atoms with van der Waals surface area (Å²) in [7, 11) is -3.48. The van der Waals surface area contributed by atoms with E-state index < -0.39 is 21.1 Å². The van der Waals surface area contributed by atoms with Gasteiger partial charge in [0.15, 0.2) is 9.84 Å². The fourth-order valence-corrected chi connectivity index (χ4v) is 2.71. The van der Waals surface area contributed by atoms with Crippen LogP contribution in [0.15, 0.2) is 51.0 Å².